The van der Waals surface area contributed by atoms with Gasteiger partial charge in [0.1, 0.15) is 0 Å². The number of nitrogens with one attached hydrogen (secondary N) is 1. The molecule has 7 nitrogen and oxygen atoms in total. The number of carbonyl (C=O) groups excluding carboxylic acids is 1. The summed E-state index contributed by atoms with van der Waals surface area (Å²) in [4.78, 5) is 36.9. The van der Waals surface area contributed by atoms with Crippen molar-refractivity contribution in [1.82, 2.24) is 19.4 Å². The second-order valence-electron chi connectivity index (χ2n) is 4.87. The van der Waals surface area contributed by atoms with Crippen LogP contribution in [0.15, 0.2) is 15.8 Å². The van der Waals surface area contributed by atoms with Crippen molar-refractivity contribution >= 4 is 5.91 Å². The Labute approximate surface area is 117 Å². The monoisotopic (exact) mass is 282 g/mol. The smallest absolute Gasteiger partial charge is 0.330 e. The number of amides is 1. The highest BCUT2D eigenvalue weighted by Crippen LogP contribution is 2.00. The number of nitrogens with zero attached hydrogens (tertiary/aromatic N) is 3. The summed E-state index contributed by atoms with van der Waals surface area (Å²) in [5.41, 5.74) is -0.302. The SMILES string of the molecule is CNCCCC(=O)N(C)Cc1cn(C)c(=O)n(C)c1=O. The number of rotatable bonds is 6. The lowest BCUT2D eigenvalue weighted by Gasteiger charge is -2.17. The van der Waals surface area contributed by atoms with E-state index >= 15 is 0 Å². The fraction of sp³-hybridized carbons (Fsp3) is 0.615. The van der Waals surface area contributed by atoms with E-state index in [1.54, 1.807) is 14.1 Å². The molecule has 0 aromatic carbocycles. The molecule has 7 heteroatoms. The zero-order valence-corrected chi connectivity index (χ0v) is 12.5. The van der Waals surface area contributed by atoms with Crippen LogP contribution in [0.2, 0.25) is 0 Å². The van der Waals surface area contributed by atoms with Gasteiger partial charge in [0.25, 0.3) is 5.56 Å². The highest BCUT2D eigenvalue weighted by Gasteiger charge is 2.13. The third-order valence-electron chi connectivity index (χ3n) is 3.17. The summed E-state index contributed by atoms with van der Waals surface area (Å²) >= 11 is 0. The first-order chi connectivity index (χ1) is 9.38. The van der Waals surface area contributed by atoms with Crippen molar-refractivity contribution in [2.24, 2.45) is 14.1 Å². The minimum absolute atomic E-state index is 0.0174. The van der Waals surface area contributed by atoms with Gasteiger partial charge in [-0.2, -0.15) is 0 Å². The van der Waals surface area contributed by atoms with Crippen LogP contribution >= 0.6 is 0 Å². The lowest BCUT2D eigenvalue weighted by molar-refractivity contribution is -0.130. The number of hydrogen-bond donors (Lipinski definition) is 1. The molecule has 0 unspecified atom stereocenters. The molecule has 1 amide bonds. The molecule has 0 aliphatic rings. The molecule has 1 aromatic rings. The molecule has 1 rings (SSSR count). The van der Waals surface area contributed by atoms with E-state index < -0.39 is 0 Å². The van der Waals surface area contributed by atoms with E-state index in [4.69, 9.17) is 0 Å². The van der Waals surface area contributed by atoms with Gasteiger partial charge in [0.05, 0.1) is 12.1 Å². The molecule has 0 aliphatic heterocycles. The zero-order chi connectivity index (χ0) is 15.3. The Morgan fingerprint density at radius 2 is 2.00 bits per heavy atom. The van der Waals surface area contributed by atoms with Crippen LogP contribution in [0.25, 0.3) is 0 Å². The molecule has 112 valence electrons. The van der Waals surface area contributed by atoms with Crippen molar-refractivity contribution in [1.29, 1.82) is 0 Å². The zero-order valence-electron chi connectivity index (χ0n) is 12.5. The molecule has 1 aromatic heterocycles. The molecule has 0 aliphatic carbocycles. The quantitative estimate of drug-likeness (QED) is 0.682. The highest BCUT2D eigenvalue weighted by atomic mass is 16.2. The van der Waals surface area contributed by atoms with Gasteiger partial charge in [0, 0.05) is 33.8 Å². The number of aryl methyl sites for hydroxylation is 1. The van der Waals surface area contributed by atoms with Crippen molar-refractivity contribution < 1.29 is 4.79 Å². The summed E-state index contributed by atoms with van der Waals surface area (Å²) in [6.07, 6.45) is 2.68. The maximum absolute atomic E-state index is 12.0. The van der Waals surface area contributed by atoms with E-state index in [0.717, 1.165) is 17.5 Å². The van der Waals surface area contributed by atoms with Gasteiger partial charge in [0.2, 0.25) is 5.91 Å². The summed E-state index contributed by atoms with van der Waals surface area (Å²) in [6, 6.07) is 0. The van der Waals surface area contributed by atoms with Crippen LogP contribution in [0.5, 0.6) is 0 Å². The largest absolute Gasteiger partial charge is 0.341 e. The van der Waals surface area contributed by atoms with Crippen LogP contribution < -0.4 is 16.6 Å². The second-order valence-corrected chi connectivity index (χ2v) is 4.87. The van der Waals surface area contributed by atoms with Crippen LogP contribution in [0.4, 0.5) is 0 Å². The molecule has 1 heterocycles. The fourth-order valence-electron chi connectivity index (χ4n) is 1.94. The Hall–Kier alpha value is -1.89. The van der Waals surface area contributed by atoms with Crippen molar-refractivity contribution in [3.8, 4) is 0 Å². The van der Waals surface area contributed by atoms with Crippen LogP contribution in [-0.2, 0) is 25.4 Å². The van der Waals surface area contributed by atoms with Crippen molar-refractivity contribution in [3.63, 3.8) is 0 Å². The first-order valence-corrected chi connectivity index (χ1v) is 6.52. The van der Waals surface area contributed by atoms with E-state index in [1.165, 1.54) is 22.7 Å². The molecular formula is C13H22N4O3. The maximum Gasteiger partial charge on any atom is 0.330 e. The van der Waals surface area contributed by atoms with E-state index in [-0.39, 0.29) is 23.7 Å². The van der Waals surface area contributed by atoms with E-state index in [1.807, 2.05) is 7.05 Å². The molecule has 0 saturated carbocycles. The standard InChI is InChI=1S/C13H22N4O3/c1-14-7-5-6-11(18)15(2)8-10-9-16(3)13(20)17(4)12(10)19/h9,14H,5-8H2,1-4H3. The van der Waals surface area contributed by atoms with Crippen molar-refractivity contribution in [3.05, 3.63) is 32.6 Å². The Morgan fingerprint density at radius 1 is 1.35 bits per heavy atom. The molecule has 0 bridgehead atoms. The molecule has 20 heavy (non-hydrogen) atoms. The van der Waals surface area contributed by atoms with E-state index in [2.05, 4.69) is 5.32 Å². The summed E-state index contributed by atoms with van der Waals surface area (Å²) in [6.45, 7) is 0.986. The van der Waals surface area contributed by atoms with Crippen molar-refractivity contribution in [2.45, 2.75) is 19.4 Å². The molecule has 0 atom stereocenters. The van der Waals surface area contributed by atoms with E-state index in [0.29, 0.717) is 12.0 Å². The Balaban J connectivity index is 2.81. The maximum atomic E-state index is 12.0. The van der Waals surface area contributed by atoms with Crippen LogP contribution in [0, 0.1) is 0 Å². The predicted octanol–water partition coefficient (Wildman–Crippen LogP) is -0.958. The average molecular weight is 282 g/mol. The third-order valence-corrected chi connectivity index (χ3v) is 3.17. The summed E-state index contributed by atoms with van der Waals surface area (Å²) < 4.78 is 2.39. The van der Waals surface area contributed by atoms with Gasteiger partial charge in [-0.25, -0.2) is 4.79 Å². The lowest BCUT2D eigenvalue weighted by Crippen LogP contribution is -2.40. The van der Waals surface area contributed by atoms with Gasteiger partial charge >= 0.3 is 5.69 Å². The minimum atomic E-state index is -0.373. The molecule has 0 fully saturated rings. The molecule has 1 N–H and O–H groups in total. The molecule has 0 saturated heterocycles. The summed E-state index contributed by atoms with van der Waals surface area (Å²) in [5.74, 6) is -0.0174. The number of carbonyl (C=O) groups is 1. The summed E-state index contributed by atoms with van der Waals surface area (Å²) in [5, 5.41) is 2.98. The van der Waals surface area contributed by atoms with Gasteiger partial charge in [-0.15, -0.1) is 0 Å². The second kappa shape index (κ2) is 7.04. The summed E-state index contributed by atoms with van der Waals surface area (Å²) in [7, 11) is 6.51. The third kappa shape index (κ3) is 3.80. The Morgan fingerprint density at radius 3 is 2.60 bits per heavy atom. The predicted molar refractivity (Wildman–Crippen MR) is 76.6 cm³/mol. The first kappa shape index (κ1) is 16.2. The average Bonchev–Trinajstić information content (AvgIpc) is 2.42. The number of hydrogen-bond acceptors (Lipinski definition) is 4. The lowest BCUT2D eigenvalue weighted by atomic mass is 10.2. The van der Waals surface area contributed by atoms with Gasteiger partial charge in [-0.1, -0.05) is 0 Å². The fourth-order valence-corrected chi connectivity index (χ4v) is 1.94. The first-order valence-electron chi connectivity index (χ1n) is 6.52. The number of aromatic nitrogens is 2. The normalized spacial score (nSPS) is 10.6. The minimum Gasteiger partial charge on any atom is -0.341 e. The van der Waals surface area contributed by atoms with E-state index in [9.17, 15) is 14.4 Å². The molecule has 0 spiro atoms. The van der Waals surface area contributed by atoms with Gasteiger partial charge in [-0.05, 0) is 20.0 Å². The molecular weight excluding hydrogens is 260 g/mol. The highest BCUT2D eigenvalue weighted by molar-refractivity contribution is 5.75. The van der Waals surface area contributed by atoms with Crippen LogP contribution in [-0.4, -0.2) is 40.6 Å². The topological polar surface area (TPSA) is 76.3 Å². The Bertz CT molecular complexity index is 588. The van der Waals surface area contributed by atoms with Gasteiger partial charge in [0.15, 0.2) is 0 Å². The molecule has 0 radical (unpaired) electrons. The van der Waals surface area contributed by atoms with Crippen LogP contribution in [0.3, 0.4) is 0 Å². The Kier molecular flexibility index (Phi) is 5.69. The van der Waals surface area contributed by atoms with Crippen molar-refractivity contribution in [2.75, 3.05) is 20.6 Å². The van der Waals surface area contributed by atoms with Crippen LogP contribution in [0.1, 0.15) is 18.4 Å². The van der Waals surface area contributed by atoms with Gasteiger partial charge in [-0.3, -0.25) is 14.2 Å². The van der Waals surface area contributed by atoms with Gasteiger partial charge < -0.3 is 14.8 Å².